The minimum Gasteiger partial charge on any atom is -0.506 e. The van der Waals surface area contributed by atoms with Crippen LogP contribution in [0.3, 0.4) is 0 Å². The number of rotatable bonds is 8. The molecular weight excluding hydrogens is 933 g/mol. The highest BCUT2D eigenvalue weighted by atomic mass is 16.5. The molecule has 0 aliphatic heterocycles. The van der Waals surface area contributed by atoms with Crippen LogP contribution in [0.4, 0.5) is 0 Å². The van der Waals surface area contributed by atoms with Crippen LogP contribution in [0.5, 0.6) is 46.0 Å². The topological polar surface area (TPSA) is 195 Å². The van der Waals surface area contributed by atoms with Gasteiger partial charge in [0.2, 0.25) is 11.6 Å². The molecule has 3 heterocycles. The average Bonchev–Trinajstić information content (AvgIpc) is 3.86. The summed E-state index contributed by atoms with van der Waals surface area (Å²) >= 11 is 0. The molecule has 14 nitrogen and oxygen atoms in total. The number of aromatic nitrogens is 6. The fourth-order valence-corrected chi connectivity index (χ4v) is 9.28. The van der Waals surface area contributed by atoms with Crippen molar-refractivity contribution in [1.82, 2.24) is 29.9 Å². The molecule has 0 unspecified atom stereocenters. The van der Waals surface area contributed by atoms with Crippen molar-refractivity contribution in [1.29, 1.82) is 0 Å². The van der Waals surface area contributed by atoms with E-state index >= 15 is 0 Å². The molecule has 0 atom stereocenters. The number of hydrogen-bond acceptors (Lipinski definition) is 12. The number of allylic oxidation sites excluding steroid dienone is 2. The molecule has 0 saturated heterocycles. The molecule has 74 heavy (non-hydrogen) atoms. The molecule has 4 N–H and O–H groups in total. The number of nitrogens with one attached hydrogen (secondary N) is 2. The molecule has 2 aliphatic carbocycles. The van der Waals surface area contributed by atoms with Gasteiger partial charge >= 0.3 is 0 Å². The molecule has 0 spiro atoms. The number of H-pyrrole nitrogens is 2. The Morgan fingerprint density at radius 2 is 0.581 bits per heavy atom. The number of ketones is 2. The van der Waals surface area contributed by atoms with E-state index in [2.05, 4.69) is 9.97 Å². The van der Waals surface area contributed by atoms with Crippen molar-refractivity contribution >= 4 is 67.2 Å². The summed E-state index contributed by atoms with van der Waals surface area (Å²) in [5.41, 5.74) is 7.77. The lowest BCUT2D eigenvalue weighted by Gasteiger charge is -2.17. The maximum Gasteiger partial charge on any atom is 0.208 e. The Labute approximate surface area is 424 Å². The Morgan fingerprint density at radius 1 is 0.351 bits per heavy atom. The predicted molar refractivity (Wildman–Crippen MR) is 285 cm³/mol. The van der Waals surface area contributed by atoms with Gasteiger partial charge in [-0.1, -0.05) is 72.8 Å². The molecule has 0 radical (unpaired) electrons. The summed E-state index contributed by atoms with van der Waals surface area (Å²) in [6.07, 6.45) is 2.11. The first-order valence-electron chi connectivity index (χ1n) is 23.9. The molecule has 11 rings (SSSR count). The normalized spacial score (nSPS) is 12.6. The quantitative estimate of drug-likeness (QED) is 0.113. The second-order valence-electron chi connectivity index (χ2n) is 18.7. The first kappa shape index (κ1) is 46.8. The molecule has 9 aromatic rings. The smallest absolute Gasteiger partial charge is 0.208 e. The van der Waals surface area contributed by atoms with E-state index in [9.17, 15) is 19.8 Å². The lowest BCUT2D eigenvalue weighted by atomic mass is 10.1. The Bertz CT molecular complexity index is 3800. The fraction of sp³-hybridized carbons (Fsp3) is 0.133. The standard InChI is InChI=1S/C60H48N6O8/c1-29-13-9-14-30(2)53(29)71-49-21-37-38(22-50(49)72-54-31(3)15-10-16-32(54)4)58-62-42-26-44(48(70)28-46(42)68)64-60-40-24-52(74-56-35(7)19-12-20-36(56)8)51(73-55-33(5)17-11-18-34(55)6)23-39(40)59(66-60)63-43-25-41(61-57(37)65-58)45(67)27-47(43)69/h9-28,67,70H,1-8H3,(H,61,62,65)(H,63,64,66). The number of carbonyl (C=O) groups is 2. The summed E-state index contributed by atoms with van der Waals surface area (Å²) in [7, 11) is 0. The number of carbonyl (C=O) groups excluding carboxylic acids is 2. The second-order valence-corrected chi connectivity index (χ2v) is 18.7. The SMILES string of the molecule is Cc1cccc(C)c1Oc1cc2c3nc4cc(nc5[nH]c(nc6cc(nc([nH]3)c2cc1Oc1c(C)cccc1C)C(O)=CC6=O)c1cc(Oc2c(C)cccc2C)c(Oc2c(C)cccc2C)cc51)C(O)=CC4=O. The number of aryl methyl sites for hydroxylation is 8. The van der Waals surface area contributed by atoms with E-state index < -0.39 is 23.1 Å². The number of aromatic amines is 2. The van der Waals surface area contributed by atoms with Crippen molar-refractivity contribution in [3.63, 3.8) is 0 Å². The Morgan fingerprint density at radius 3 is 0.824 bits per heavy atom. The van der Waals surface area contributed by atoms with Crippen LogP contribution in [0.15, 0.2) is 121 Å². The monoisotopic (exact) mass is 980 g/mol. The highest BCUT2D eigenvalue weighted by molar-refractivity contribution is 6.12. The van der Waals surface area contributed by atoms with Crippen LogP contribution < -0.4 is 18.9 Å². The fourth-order valence-electron chi connectivity index (χ4n) is 9.28. The van der Waals surface area contributed by atoms with Gasteiger partial charge in [-0.05, 0) is 136 Å². The number of aliphatic hydroxyl groups is 2. The van der Waals surface area contributed by atoms with Crippen molar-refractivity contribution in [3.05, 3.63) is 189 Å². The van der Waals surface area contributed by atoms with Gasteiger partial charge in [-0.2, -0.15) is 0 Å². The van der Waals surface area contributed by atoms with Crippen LogP contribution in [-0.2, 0) is 0 Å². The molecular formula is C60H48N6O8. The largest absolute Gasteiger partial charge is 0.506 e. The van der Waals surface area contributed by atoms with Crippen molar-refractivity contribution in [2.24, 2.45) is 0 Å². The summed E-state index contributed by atoms with van der Waals surface area (Å²) in [6, 6.07) is 33.3. The Kier molecular flexibility index (Phi) is 11.5. The Balaban J connectivity index is 1.22. The molecule has 0 amide bonds. The van der Waals surface area contributed by atoms with Crippen LogP contribution in [0.2, 0.25) is 0 Å². The van der Waals surface area contributed by atoms with Crippen LogP contribution in [0.25, 0.3) is 55.7 Å². The van der Waals surface area contributed by atoms with E-state index in [0.29, 0.717) is 67.5 Å². The van der Waals surface area contributed by atoms with Crippen molar-refractivity contribution in [3.8, 4) is 46.0 Å². The number of para-hydroxylation sites is 4. The van der Waals surface area contributed by atoms with E-state index in [1.54, 1.807) is 24.3 Å². The van der Waals surface area contributed by atoms with E-state index in [0.717, 1.165) is 56.7 Å². The lowest BCUT2D eigenvalue weighted by molar-refractivity contribution is 0.103. The van der Waals surface area contributed by atoms with E-state index in [1.807, 2.05) is 128 Å². The van der Waals surface area contributed by atoms with Gasteiger partial charge in [-0.15, -0.1) is 0 Å². The first-order valence-corrected chi connectivity index (χ1v) is 23.9. The van der Waals surface area contributed by atoms with Gasteiger partial charge in [-0.3, -0.25) is 9.59 Å². The third-order valence-electron chi connectivity index (χ3n) is 13.2. The molecule has 8 bridgehead atoms. The van der Waals surface area contributed by atoms with Gasteiger partial charge in [0.1, 0.15) is 79.9 Å². The summed E-state index contributed by atoms with van der Waals surface area (Å²) in [4.78, 5) is 53.9. The van der Waals surface area contributed by atoms with Gasteiger partial charge < -0.3 is 39.1 Å². The van der Waals surface area contributed by atoms with Crippen LogP contribution in [-0.4, -0.2) is 51.7 Å². The third-order valence-corrected chi connectivity index (χ3v) is 13.2. The van der Waals surface area contributed by atoms with Gasteiger partial charge in [0.05, 0.1) is 0 Å². The van der Waals surface area contributed by atoms with Crippen LogP contribution in [0, 0.1) is 55.4 Å². The first-order chi connectivity index (χ1) is 35.6. The number of nitrogens with zero attached hydrogens (tertiary/aromatic N) is 4. The van der Waals surface area contributed by atoms with Crippen LogP contribution in [0.1, 0.15) is 76.9 Å². The summed E-state index contributed by atoms with van der Waals surface area (Å²) < 4.78 is 27.0. The molecule has 6 aromatic carbocycles. The molecule has 0 fully saturated rings. The summed E-state index contributed by atoms with van der Waals surface area (Å²) in [5.74, 6) is 1.86. The number of fused-ring (bicyclic) bond motifs is 14. The summed E-state index contributed by atoms with van der Waals surface area (Å²) in [5, 5.41) is 24.8. The third kappa shape index (κ3) is 8.51. The number of hydrogen-bond donors (Lipinski definition) is 4. The van der Waals surface area contributed by atoms with Gasteiger partial charge in [0.15, 0.2) is 23.0 Å². The highest BCUT2D eigenvalue weighted by Crippen LogP contribution is 2.45. The minimum absolute atomic E-state index is 0.00114. The van der Waals surface area contributed by atoms with Gasteiger partial charge in [0, 0.05) is 33.7 Å². The van der Waals surface area contributed by atoms with Crippen molar-refractivity contribution < 1.29 is 38.7 Å². The predicted octanol–water partition coefficient (Wildman–Crippen LogP) is 14.6. The number of benzene rings is 6. The van der Waals surface area contributed by atoms with E-state index in [-0.39, 0.29) is 45.4 Å². The molecule has 366 valence electrons. The molecule has 0 saturated carbocycles. The van der Waals surface area contributed by atoms with Gasteiger partial charge in [0.25, 0.3) is 0 Å². The maximum absolute atomic E-state index is 13.9. The lowest BCUT2D eigenvalue weighted by Crippen LogP contribution is -2.06. The zero-order chi connectivity index (χ0) is 51.7. The van der Waals surface area contributed by atoms with E-state index in [4.69, 9.17) is 38.9 Å². The summed E-state index contributed by atoms with van der Waals surface area (Å²) in [6.45, 7) is 15.6. The number of aliphatic hydroxyl groups excluding tert-OH is 2. The second kappa shape index (κ2) is 18.2. The van der Waals surface area contributed by atoms with Crippen molar-refractivity contribution in [2.45, 2.75) is 55.4 Å². The van der Waals surface area contributed by atoms with E-state index in [1.165, 1.54) is 12.1 Å². The highest BCUT2D eigenvalue weighted by Gasteiger charge is 2.24. The molecule has 2 aliphatic rings. The molecule has 14 heteroatoms. The average molecular weight is 981 g/mol. The zero-order valence-corrected chi connectivity index (χ0v) is 41.7. The zero-order valence-electron chi connectivity index (χ0n) is 41.7. The van der Waals surface area contributed by atoms with Crippen molar-refractivity contribution in [2.75, 3.05) is 0 Å². The Hall–Kier alpha value is -9.56. The van der Waals surface area contributed by atoms with Crippen LogP contribution >= 0.6 is 0 Å². The maximum atomic E-state index is 13.9. The number of ether oxygens (including phenoxy) is 4. The molecule has 3 aromatic heterocycles. The van der Waals surface area contributed by atoms with Gasteiger partial charge in [-0.25, -0.2) is 19.9 Å². The minimum atomic E-state index is -0.594.